The molecule has 2 nitrogen and oxygen atoms in total. The average molecular weight is 287 g/mol. The Bertz CT molecular complexity index is 457. The second-order valence-corrected chi connectivity index (χ2v) is 6.91. The van der Waals surface area contributed by atoms with Crippen molar-refractivity contribution in [3.05, 3.63) is 29.3 Å². The third-order valence-electron chi connectivity index (χ3n) is 5.06. The number of hydrogen-bond acceptors (Lipinski definition) is 2. The summed E-state index contributed by atoms with van der Waals surface area (Å²) in [5.74, 6) is 1.94. The van der Waals surface area contributed by atoms with Crippen molar-refractivity contribution in [3.8, 4) is 5.75 Å². The van der Waals surface area contributed by atoms with Gasteiger partial charge in [0.25, 0.3) is 0 Å². The Kier molecular flexibility index (Phi) is 5.18. The van der Waals surface area contributed by atoms with Crippen molar-refractivity contribution in [2.75, 3.05) is 13.2 Å². The van der Waals surface area contributed by atoms with Crippen molar-refractivity contribution >= 4 is 0 Å². The Balaban J connectivity index is 1.41. The van der Waals surface area contributed by atoms with E-state index in [4.69, 9.17) is 4.74 Å². The summed E-state index contributed by atoms with van der Waals surface area (Å²) in [5.41, 5.74) is 3.04. The molecule has 2 aliphatic rings. The predicted octanol–water partition coefficient (Wildman–Crippen LogP) is 4.11. The lowest BCUT2D eigenvalue weighted by Crippen LogP contribution is -2.36. The zero-order valence-electron chi connectivity index (χ0n) is 13.4. The van der Waals surface area contributed by atoms with Gasteiger partial charge < -0.3 is 10.1 Å². The molecule has 1 N–H and O–H groups in total. The normalized spacial score (nSPS) is 25.4. The van der Waals surface area contributed by atoms with Crippen LogP contribution in [-0.2, 0) is 12.8 Å². The van der Waals surface area contributed by atoms with Crippen LogP contribution < -0.4 is 10.1 Å². The van der Waals surface area contributed by atoms with E-state index in [1.54, 1.807) is 0 Å². The predicted molar refractivity (Wildman–Crippen MR) is 88.0 cm³/mol. The van der Waals surface area contributed by atoms with Crippen LogP contribution in [0.25, 0.3) is 0 Å². The molecule has 0 heterocycles. The van der Waals surface area contributed by atoms with Gasteiger partial charge in [0.15, 0.2) is 0 Å². The van der Waals surface area contributed by atoms with Gasteiger partial charge >= 0.3 is 0 Å². The molecule has 2 atom stereocenters. The highest BCUT2D eigenvalue weighted by molar-refractivity contribution is 5.37. The van der Waals surface area contributed by atoms with Crippen LogP contribution in [0, 0.1) is 5.92 Å². The van der Waals surface area contributed by atoms with E-state index >= 15 is 0 Å². The van der Waals surface area contributed by atoms with Crippen molar-refractivity contribution in [2.24, 2.45) is 5.92 Å². The number of aryl methyl sites for hydroxylation is 2. The summed E-state index contributed by atoms with van der Waals surface area (Å²) < 4.78 is 5.93. The smallest absolute Gasteiger partial charge is 0.119 e. The monoisotopic (exact) mass is 287 g/mol. The van der Waals surface area contributed by atoms with Crippen molar-refractivity contribution in [1.29, 1.82) is 0 Å². The van der Waals surface area contributed by atoms with Gasteiger partial charge in [0.05, 0.1) is 0 Å². The SMILES string of the molecule is CC1CCCC(NCCOc2ccc3c(c2)CCCC3)C1. The molecule has 1 saturated carbocycles. The van der Waals surface area contributed by atoms with E-state index in [9.17, 15) is 0 Å². The Labute approximate surface area is 129 Å². The van der Waals surface area contributed by atoms with Gasteiger partial charge in [-0.3, -0.25) is 0 Å². The van der Waals surface area contributed by atoms with Crippen LogP contribution in [-0.4, -0.2) is 19.2 Å². The molecule has 0 aromatic heterocycles. The zero-order chi connectivity index (χ0) is 14.5. The largest absolute Gasteiger partial charge is 0.492 e. The Morgan fingerprint density at radius 1 is 1.10 bits per heavy atom. The third-order valence-corrected chi connectivity index (χ3v) is 5.06. The van der Waals surface area contributed by atoms with Gasteiger partial charge in [0.2, 0.25) is 0 Å². The molecule has 2 unspecified atom stereocenters. The third kappa shape index (κ3) is 4.23. The second-order valence-electron chi connectivity index (χ2n) is 6.91. The first-order valence-corrected chi connectivity index (χ1v) is 8.79. The first-order valence-electron chi connectivity index (χ1n) is 8.79. The maximum atomic E-state index is 5.93. The number of hydrogen-bond donors (Lipinski definition) is 1. The van der Waals surface area contributed by atoms with E-state index in [0.717, 1.165) is 24.8 Å². The first kappa shape index (κ1) is 14.9. The van der Waals surface area contributed by atoms with Gasteiger partial charge in [-0.15, -0.1) is 0 Å². The lowest BCUT2D eigenvalue weighted by Gasteiger charge is -2.27. The molecule has 0 bridgehead atoms. The Morgan fingerprint density at radius 2 is 1.95 bits per heavy atom. The van der Waals surface area contributed by atoms with E-state index in [0.29, 0.717) is 6.04 Å². The quantitative estimate of drug-likeness (QED) is 0.823. The molecular formula is C19H29NO. The number of rotatable bonds is 5. The van der Waals surface area contributed by atoms with Crippen LogP contribution in [0.15, 0.2) is 18.2 Å². The summed E-state index contributed by atoms with van der Waals surface area (Å²) in [5, 5.41) is 3.66. The van der Waals surface area contributed by atoms with Crippen molar-refractivity contribution in [2.45, 2.75) is 64.3 Å². The van der Waals surface area contributed by atoms with Crippen molar-refractivity contribution in [3.63, 3.8) is 0 Å². The lowest BCUT2D eigenvalue weighted by atomic mass is 9.87. The average Bonchev–Trinajstić information content (AvgIpc) is 2.51. The van der Waals surface area contributed by atoms with Crippen LogP contribution in [0.2, 0.25) is 0 Å². The molecule has 116 valence electrons. The molecule has 2 heteroatoms. The fourth-order valence-electron chi connectivity index (χ4n) is 3.85. The standard InChI is InChI=1S/C19H29NO/c1-15-5-4-8-18(13-15)20-11-12-21-19-10-9-16-6-2-3-7-17(16)14-19/h9-10,14-15,18,20H,2-8,11-13H2,1H3. The number of benzene rings is 1. The highest BCUT2D eigenvalue weighted by atomic mass is 16.5. The molecule has 0 amide bonds. The van der Waals surface area contributed by atoms with Gasteiger partial charge in [0.1, 0.15) is 12.4 Å². The van der Waals surface area contributed by atoms with Crippen LogP contribution in [0.3, 0.4) is 0 Å². The fraction of sp³-hybridized carbons (Fsp3) is 0.684. The van der Waals surface area contributed by atoms with Gasteiger partial charge in [0, 0.05) is 12.6 Å². The minimum Gasteiger partial charge on any atom is -0.492 e. The lowest BCUT2D eigenvalue weighted by molar-refractivity contribution is 0.266. The molecule has 0 aliphatic heterocycles. The second kappa shape index (κ2) is 7.31. The molecule has 1 fully saturated rings. The summed E-state index contributed by atoms with van der Waals surface area (Å²) in [6.07, 6.45) is 10.6. The Hall–Kier alpha value is -1.02. The minimum absolute atomic E-state index is 0.709. The molecule has 1 aromatic rings. The number of ether oxygens (including phenoxy) is 1. The Morgan fingerprint density at radius 3 is 2.81 bits per heavy atom. The summed E-state index contributed by atoms with van der Waals surface area (Å²) in [6, 6.07) is 7.38. The van der Waals surface area contributed by atoms with Crippen LogP contribution in [0.5, 0.6) is 5.75 Å². The molecule has 0 spiro atoms. The zero-order valence-corrected chi connectivity index (χ0v) is 13.4. The summed E-state index contributed by atoms with van der Waals surface area (Å²) in [7, 11) is 0. The van der Waals surface area contributed by atoms with Gasteiger partial charge in [-0.1, -0.05) is 25.8 Å². The van der Waals surface area contributed by atoms with Gasteiger partial charge in [-0.25, -0.2) is 0 Å². The van der Waals surface area contributed by atoms with E-state index in [1.807, 2.05) is 0 Å². The highest BCUT2D eigenvalue weighted by Gasteiger charge is 2.17. The minimum atomic E-state index is 0.709. The number of nitrogens with one attached hydrogen (secondary N) is 1. The maximum absolute atomic E-state index is 5.93. The maximum Gasteiger partial charge on any atom is 0.119 e. The number of fused-ring (bicyclic) bond motifs is 1. The summed E-state index contributed by atoms with van der Waals surface area (Å²) in [4.78, 5) is 0. The molecule has 0 saturated heterocycles. The van der Waals surface area contributed by atoms with Gasteiger partial charge in [-0.05, 0) is 67.7 Å². The van der Waals surface area contributed by atoms with E-state index in [1.165, 1.54) is 62.5 Å². The topological polar surface area (TPSA) is 21.3 Å². The summed E-state index contributed by atoms with van der Waals surface area (Å²) >= 11 is 0. The van der Waals surface area contributed by atoms with Crippen LogP contribution in [0.4, 0.5) is 0 Å². The summed E-state index contributed by atoms with van der Waals surface area (Å²) in [6.45, 7) is 4.12. The fourth-order valence-corrected chi connectivity index (χ4v) is 3.85. The van der Waals surface area contributed by atoms with Crippen LogP contribution in [0.1, 0.15) is 56.6 Å². The van der Waals surface area contributed by atoms with E-state index < -0.39 is 0 Å². The van der Waals surface area contributed by atoms with Crippen molar-refractivity contribution in [1.82, 2.24) is 5.32 Å². The van der Waals surface area contributed by atoms with E-state index in [-0.39, 0.29) is 0 Å². The molecule has 2 aliphatic carbocycles. The molecular weight excluding hydrogens is 258 g/mol. The van der Waals surface area contributed by atoms with Crippen LogP contribution >= 0.6 is 0 Å². The molecule has 3 rings (SSSR count). The van der Waals surface area contributed by atoms with E-state index in [2.05, 4.69) is 30.4 Å². The van der Waals surface area contributed by atoms with Gasteiger partial charge in [-0.2, -0.15) is 0 Å². The highest BCUT2D eigenvalue weighted by Crippen LogP contribution is 2.25. The first-order chi connectivity index (χ1) is 10.3. The molecule has 0 radical (unpaired) electrons. The molecule has 21 heavy (non-hydrogen) atoms. The molecule has 1 aromatic carbocycles. The van der Waals surface area contributed by atoms with Crippen molar-refractivity contribution < 1.29 is 4.74 Å².